The van der Waals surface area contributed by atoms with E-state index in [0.29, 0.717) is 4.47 Å². The summed E-state index contributed by atoms with van der Waals surface area (Å²) in [4.78, 5) is 12.0. The summed E-state index contributed by atoms with van der Waals surface area (Å²) in [5.74, 6) is -1.38. The summed E-state index contributed by atoms with van der Waals surface area (Å²) in [6.45, 7) is 1.77. The molecule has 0 bridgehead atoms. The molecule has 0 aliphatic rings. The number of aryl methyl sites for hydroxylation is 1. The Labute approximate surface area is 120 Å². The monoisotopic (exact) mass is 339 g/mol. The third kappa shape index (κ3) is 1.85. The van der Waals surface area contributed by atoms with Crippen LogP contribution < -0.4 is 5.56 Å². The predicted octanol–water partition coefficient (Wildman–Crippen LogP) is 2.83. The van der Waals surface area contributed by atoms with Crippen LogP contribution >= 0.6 is 15.9 Å². The number of rotatable bonds is 1. The van der Waals surface area contributed by atoms with Gasteiger partial charge in [0.25, 0.3) is 5.56 Å². The van der Waals surface area contributed by atoms with Crippen LogP contribution in [0.25, 0.3) is 11.3 Å². The lowest BCUT2D eigenvalue weighted by atomic mass is 10.2. The summed E-state index contributed by atoms with van der Waals surface area (Å²) in [5, 5.41) is 3.77. The topological polar surface area (TPSA) is 39.3 Å². The normalized spacial score (nSPS) is 11.2. The van der Waals surface area contributed by atoms with Crippen molar-refractivity contribution < 1.29 is 8.78 Å². The van der Waals surface area contributed by atoms with E-state index in [9.17, 15) is 13.6 Å². The molecule has 0 saturated carbocycles. The van der Waals surface area contributed by atoms with Gasteiger partial charge in [-0.15, -0.1) is 0 Å². The standard InChI is InChI=1S/C13H8BrF2N3O/c1-7-4-10(9(15)5-8(7)14)18-12-2-3-17-19(12)11(16)6-13(18)20/h2-6H,1H3. The third-order valence-corrected chi connectivity index (χ3v) is 3.84. The van der Waals surface area contributed by atoms with Crippen LogP contribution in [0.4, 0.5) is 8.78 Å². The molecular formula is C13H8BrF2N3O. The Balaban J connectivity index is 2.44. The van der Waals surface area contributed by atoms with Gasteiger partial charge in [-0.1, -0.05) is 15.9 Å². The lowest BCUT2D eigenvalue weighted by Crippen LogP contribution is -2.22. The smallest absolute Gasteiger partial charge is 0.261 e. The van der Waals surface area contributed by atoms with E-state index in [-0.39, 0.29) is 11.3 Å². The lowest BCUT2D eigenvalue weighted by Gasteiger charge is -2.11. The average Bonchev–Trinajstić information content (AvgIpc) is 2.84. The summed E-state index contributed by atoms with van der Waals surface area (Å²) in [7, 11) is 0. The van der Waals surface area contributed by atoms with Gasteiger partial charge in [-0.05, 0) is 24.6 Å². The van der Waals surface area contributed by atoms with E-state index in [0.717, 1.165) is 20.7 Å². The van der Waals surface area contributed by atoms with Crippen molar-refractivity contribution >= 4 is 21.6 Å². The van der Waals surface area contributed by atoms with Crippen LogP contribution in [-0.2, 0) is 0 Å². The minimum atomic E-state index is -0.791. The highest BCUT2D eigenvalue weighted by atomic mass is 79.9. The first-order valence-corrected chi connectivity index (χ1v) is 6.49. The molecule has 7 heteroatoms. The van der Waals surface area contributed by atoms with E-state index >= 15 is 0 Å². The number of halogens is 3. The van der Waals surface area contributed by atoms with Crippen LogP contribution in [0.3, 0.4) is 0 Å². The van der Waals surface area contributed by atoms with Crippen LogP contribution in [0.5, 0.6) is 0 Å². The van der Waals surface area contributed by atoms with Gasteiger partial charge in [0, 0.05) is 10.5 Å². The fourth-order valence-corrected chi connectivity index (χ4v) is 2.34. The summed E-state index contributed by atoms with van der Waals surface area (Å²) in [6.07, 6.45) is 1.35. The molecule has 0 saturated heterocycles. The lowest BCUT2D eigenvalue weighted by molar-refractivity contribution is 0.533. The van der Waals surface area contributed by atoms with Gasteiger partial charge in [-0.2, -0.15) is 14.0 Å². The van der Waals surface area contributed by atoms with E-state index < -0.39 is 17.3 Å². The minimum Gasteiger partial charge on any atom is -0.269 e. The highest BCUT2D eigenvalue weighted by Gasteiger charge is 2.15. The van der Waals surface area contributed by atoms with Gasteiger partial charge < -0.3 is 0 Å². The molecule has 3 aromatic rings. The number of nitrogens with zero attached hydrogens (tertiary/aromatic N) is 3. The maximum Gasteiger partial charge on any atom is 0.261 e. The molecule has 0 aliphatic carbocycles. The van der Waals surface area contributed by atoms with Crippen molar-refractivity contribution in [2.75, 3.05) is 0 Å². The first kappa shape index (κ1) is 13.0. The molecule has 0 unspecified atom stereocenters. The Kier molecular flexibility index (Phi) is 2.93. The Bertz CT molecular complexity index is 885. The highest BCUT2D eigenvalue weighted by molar-refractivity contribution is 9.10. The van der Waals surface area contributed by atoms with E-state index in [2.05, 4.69) is 21.0 Å². The maximum absolute atomic E-state index is 14.1. The fraction of sp³-hybridized carbons (Fsp3) is 0.0769. The van der Waals surface area contributed by atoms with E-state index in [1.54, 1.807) is 6.92 Å². The molecule has 3 rings (SSSR count). The first-order valence-electron chi connectivity index (χ1n) is 5.70. The molecule has 0 spiro atoms. The SMILES string of the molecule is Cc1cc(-n2c(=O)cc(F)n3nccc23)c(F)cc1Br. The van der Waals surface area contributed by atoms with E-state index in [4.69, 9.17) is 0 Å². The number of hydrogen-bond acceptors (Lipinski definition) is 2. The van der Waals surface area contributed by atoms with Crippen molar-refractivity contribution in [3.63, 3.8) is 0 Å². The molecule has 0 amide bonds. The van der Waals surface area contributed by atoms with Crippen molar-refractivity contribution in [2.45, 2.75) is 6.92 Å². The average molecular weight is 340 g/mol. The second-order valence-corrected chi connectivity index (χ2v) is 5.15. The van der Waals surface area contributed by atoms with E-state index in [1.807, 2.05) is 0 Å². The maximum atomic E-state index is 14.1. The number of benzene rings is 1. The van der Waals surface area contributed by atoms with Crippen molar-refractivity contribution in [2.24, 2.45) is 0 Å². The van der Waals surface area contributed by atoms with Gasteiger partial charge in [0.2, 0.25) is 5.95 Å². The second-order valence-electron chi connectivity index (χ2n) is 4.29. The summed E-state index contributed by atoms with van der Waals surface area (Å²) >= 11 is 3.22. The van der Waals surface area contributed by atoms with Gasteiger partial charge in [0.05, 0.1) is 18.0 Å². The number of fused-ring (bicyclic) bond motifs is 1. The van der Waals surface area contributed by atoms with Crippen molar-refractivity contribution in [3.8, 4) is 5.69 Å². The van der Waals surface area contributed by atoms with Crippen molar-refractivity contribution in [1.82, 2.24) is 14.2 Å². The first-order chi connectivity index (χ1) is 9.49. The Hall–Kier alpha value is -2.02. The zero-order chi connectivity index (χ0) is 14.4. The number of hydrogen-bond donors (Lipinski definition) is 0. The molecule has 4 nitrogen and oxygen atoms in total. The molecule has 2 heterocycles. The Morgan fingerprint density at radius 3 is 2.75 bits per heavy atom. The molecule has 1 aromatic carbocycles. The molecule has 0 aliphatic heterocycles. The largest absolute Gasteiger partial charge is 0.269 e. The minimum absolute atomic E-state index is 0.0567. The predicted molar refractivity (Wildman–Crippen MR) is 73.1 cm³/mol. The molecule has 0 fully saturated rings. The molecule has 0 radical (unpaired) electrons. The van der Waals surface area contributed by atoms with Gasteiger partial charge in [0.1, 0.15) is 11.5 Å². The summed E-state index contributed by atoms with van der Waals surface area (Å²) in [6, 6.07) is 5.01. The van der Waals surface area contributed by atoms with Gasteiger partial charge in [-0.3, -0.25) is 9.36 Å². The van der Waals surface area contributed by atoms with Gasteiger partial charge >= 0.3 is 0 Å². The van der Waals surface area contributed by atoms with Crippen LogP contribution in [0.2, 0.25) is 0 Å². The second kappa shape index (κ2) is 4.52. The van der Waals surface area contributed by atoms with Crippen LogP contribution in [0.15, 0.2) is 39.7 Å². The Morgan fingerprint density at radius 2 is 2.00 bits per heavy atom. The molecule has 0 atom stereocenters. The third-order valence-electron chi connectivity index (χ3n) is 2.99. The summed E-state index contributed by atoms with van der Waals surface area (Å²) < 4.78 is 30.4. The number of aromatic nitrogens is 3. The molecule has 20 heavy (non-hydrogen) atoms. The van der Waals surface area contributed by atoms with Gasteiger partial charge in [0.15, 0.2) is 0 Å². The zero-order valence-electron chi connectivity index (χ0n) is 10.3. The quantitative estimate of drug-likeness (QED) is 0.639. The van der Waals surface area contributed by atoms with Crippen LogP contribution in [-0.4, -0.2) is 14.2 Å². The van der Waals surface area contributed by atoms with Crippen molar-refractivity contribution in [3.05, 3.63) is 62.6 Å². The zero-order valence-corrected chi connectivity index (χ0v) is 11.9. The highest BCUT2D eigenvalue weighted by Crippen LogP contribution is 2.23. The molecule has 102 valence electrons. The Morgan fingerprint density at radius 1 is 1.25 bits per heavy atom. The molecule has 2 aromatic heterocycles. The molecule has 0 N–H and O–H groups in total. The van der Waals surface area contributed by atoms with Gasteiger partial charge in [-0.25, -0.2) is 4.39 Å². The van der Waals surface area contributed by atoms with Crippen LogP contribution in [0.1, 0.15) is 5.56 Å². The fourth-order valence-electron chi connectivity index (χ4n) is 2.03. The van der Waals surface area contributed by atoms with Crippen molar-refractivity contribution in [1.29, 1.82) is 0 Å². The van der Waals surface area contributed by atoms with Crippen LogP contribution in [0, 0.1) is 18.7 Å². The summed E-state index contributed by atoms with van der Waals surface area (Å²) in [5.41, 5.74) is 0.322. The van der Waals surface area contributed by atoms with E-state index in [1.165, 1.54) is 24.4 Å². The molecular weight excluding hydrogens is 332 g/mol.